The SMILES string of the molecule is Cc1nnc2n1-c1sc3c(c1C(c1ccccc1Cl)=NC21CC1)C[C@H](C(=O)CN[C@@H](C)CF)C3. The molecule has 0 bridgehead atoms. The molecule has 1 aliphatic heterocycles. The first-order valence-electron chi connectivity index (χ1n) is 11.7. The van der Waals surface area contributed by atoms with Gasteiger partial charge in [0.2, 0.25) is 0 Å². The molecule has 3 aliphatic rings. The van der Waals surface area contributed by atoms with E-state index in [1.807, 2.05) is 31.2 Å². The highest BCUT2D eigenvalue weighted by molar-refractivity contribution is 7.15. The van der Waals surface area contributed by atoms with Gasteiger partial charge in [0.05, 0.1) is 12.3 Å². The average Bonchev–Trinajstić information content (AvgIpc) is 3.17. The quantitative estimate of drug-likeness (QED) is 0.549. The van der Waals surface area contributed by atoms with Gasteiger partial charge in [0.25, 0.3) is 0 Å². The molecule has 9 heteroatoms. The second kappa shape index (κ2) is 8.07. The Morgan fingerprint density at radius 3 is 2.85 bits per heavy atom. The largest absolute Gasteiger partial charge is 0.305 e. The van der Waals surface area contributed by atoms with Gasteiger partial charge in [-0.3, -0.25) is 14.4 Å². The van der Waals surface area contributed by atoms with E-state index in [1.165, 1.54) is 10.4 Å². The van der Waals surface area contributed by atoms with Crippen molar-refractivity contribution in [2.75, 3.05) is 13.2 Å². The van der Waals surface area contributed by atoms with Crippen molar-refractivity contribution in [1.82, 2.24) is 20.1 Å². The van der Waals surface area contributed by atoms with Crippen LogP contribution in [-0.2, 0) is 23.2 Å². The fourth-order valence-electron chi connectivity index (χ4n) is 5.05. The van der Waals surface area contributed by atoms with Crippen LogP contribution in [0.5, 0.6) is 0 Å². The summed E-state index contributed by atoms with van der Waals surface area (Å²) in [7, 11) is 0. The topological polar surface area (TPSA) is 72.2 Å². The van der Waals surface area contributed by atoms with Crippen molar-refractivity contribution in [2.24, 2.45) is 10.9 Å². The van der Waals surface area contributed by atoms with Crippen LogP contribution in [0.4, 0.5) is 4.39 Å². The summed E-state index contributed by atoms with van der Waals surface area (Å²) in [6.45, 7) is 3.43. The zero-order valence-corrected chi connectivity index (χ0v) is 20.6. The third kappa shape index (κ3) is 3.38. The molecular weight excluding hydrogens is 473 g/mol. The first-order chi connectivity index (χ1) is 16.4. The van der Waals surface area contributed by atoms with Gasteiger partial charge in [-0.25, -0.2) is 4.39 Å². The molecule has 1 spiro atoms. The van der Waals surface area contributed by atoms with E-state index >= 15 is 0 Å². The lowest BCUT2D eigenvalue weighted by Gasteiger charge is -2.14. The van der Waals surface area contributed by atoms with Crippen LogP contribution in [0.2, 0.25) is 5.02 Å². The lowest BCUT2D eigenvalue weighted by molar-refractivity contribution is -0.121. The number of halogens is 2. The highest BCUT2D eigenvalue weighted by Crippen LogP contribution is 2.54. The van der Waals surface area contributed by atoms with Crippen molar-refractivity contribution in [2.45, 2.75) is 51.1 Å². The molecule has 2 aromatic heterocycles. The number of rotatable bonds is 6. The van der Waals surface area contributed by atoms with Gasteiger partial charge >= 0.3 is 0 Å². The first-order valence-corrected chi connectivity index (χ1v) is 12.9. The molecule has 2 aliphatic carbocycles. The first kappa shape index (κ1) is 22.1. The minimum absolute atomic E-state index is 0.113. The Bertz CT molecular complexity index is 1340. The Morgan fingerprint density at radius 2 is 2.12 bits per heavy atom. The fourth-order valence-corrected chi connectivity index (χ4v) is 6.74. The van der Waals surface area contributed by atoms with Crippen LogP contribution in [0, 0.1) is 12.8 Å². The maximum absolute atomic E-state index is 12.9. The molecule has 1 saturated carbocycles. The number of benzene rings is 1. The molecule has 1 N–H and O–H groups in total. The molecule has 0 saturated heterocycles. The van der Waals surface area contributed by atoms with Crippen LogP contribution in [0.15, 0.2) is 29.3 Å². The summed E-state index contributed by atoms with van der Waals surface area (Å²) in [4.78, 5) is 19.5. The van der Waals surface area contributed by atoms with Gasteiger partial charge in [0.1, 0.15) is 28.8 Å². The highest BCUT2D eigenvalue weighted by Gasteiger charge is 2.52. The molecule has 6 rings (SSSR count). The number of alkyl halides is 1. The minimum Gasteiger partial charge on any atom is -0.305 e. The Labute approximate surface area is 206 Å². The maximum atomic E-state index is 12.9. The Hall–Kier alpha value is -2.42. The van der Waals surface area contributed by atoms with Crippen molar-refractivity contribution >= 4 is 34.4 Å². The Balaban J connectivity index is 1.46. The number of nitrogens with zero attached hydrogens (tertiary/aromatic N) is 4. The van der Waals surface area contributed by atoms with Crippen LogP contribution in [-0.4, -0.2) is 45.5 Å². The summed E-state index contributed by atoms with van der Waals surface area (Å²) in [6.07, 6.45) is 3.19. The second-order valence-corrected chi connectivity index (χ2v) is 11.1. The van der Waals surface area contributed by atoms with Gasteiger partial charge in [-0.1, -0.05) is 29.8 Å². The molecule has 3 aromatic rings. The molecule has 1 fully saturated rings. The summed E-state index contributed by atoms with van der Waals surface area (Å²) in [5, 5.41) is 13.7. The smallest absolute Gasteiger partial charge is 0.166 e. The number of hydrogen-bond acceptors (Lipinski definition) is 6. The number of carbonyl (C=O) groups is 1. The molecule has 6 nitrogen and oxygen atoms in total. The van der Waals surface area contributed by atoms with Gasteiger partial charge in [-0.15, -0.1) is 21.5 Å². The van der Waals surface area contributed by atoms with Crippen LogP contribution >= 0.6 is 22.9 Å². The number of aromatic nitrogens is 3. The van der Waals surface area contributed by atoms with E-state index in [1.54, 1.807) is 18.3 Å². The number of thiophene rings is 1. The van der Waals surface area contributed by atoms with Crippen LogP contribution < -0.4 is 5.32 Å². The van der Waals surface area contributed by atoms with Gasteiger partial charge in [0, 0.05) is 33.0 Å². The van der Waals surface area contributed by atoms with E-state index < -0.39 is 6.67 Å². The molecule has 0 unspecified atom stereocenters. The Morgan fingerprint density at radius 1 is 1.32 bits per heavy atom. The van der Waals surface area contributed by atoms with E-state index in [0.29, 0.717) is 17.9 Å². The molecular formula is C25H25ClFN5OS. The highest BCUT2D eigenvalue weighted by atomic mass is 35.5. The van der Waals surface area contributed by atoms with E-state index in [4.69, 9.17) is 16.6 Å². The van der Waals surface area contributed by atoms with E-state index in [-0.39, 0.29) is 29.8 Å². The standard InChI is InChI=1S/C25H25ClFN5OS/c1-13(11-27)28-12-19(33)15-9-17-20(10-15)34-23-21(17)22(16-5-3-4-6-18(16)26)29-25(7-8-25)24-31-30-14(2)32(23)24/h3-6,13,15,28H,7-12H2,1-2H3/t13-,15-/m0/s1. The van der Waals surface area contributed by atoms with Gasteiger partial charge in [-0.2, -0.15) is 0 Å². The zero-order chi connectivity index (χ0) is 23.6. The van der Waals surface area contributed by atoms with Crippen LogP contribution in [0.25, 0.3) is 5.00 Å². The van der Waals surface area contributed by atoms with Crippen molar-refractivity contribution in [3.05, 3.63) is 62.5 Å². The number of Topliss-reactive ketones (excluding diaryl/α,β-unsaturated/α-hetero) is 1. The fraction of sp³-hybridized carbons (Fsp3) is 0.440. The van der Waals surface area contributed by atoms with Crippen molar-refractivity contribution in [3.8, 4) is 5.00 Å². The number of carbonyl (C=O) groups excluding carboxylic acids is 1. The Kier molecular flexibility index (Phi) is 5.24. The molecule has 0 amide bonds. The molecule has 2 atom stereocenters. The number of fused-ring (bicyclic) bond motifs is 6. The number of aryl methyl sites for hydroxylation is 1. The summed E-state index contributed by atoms with van der Waals surface area (Å²) < 4.78 is 15.0. The molecule has 1 aromatic carbocycles. The van der Waals surface area contributed by atoms with Gasteiger partial charge < -0.3 is 5.32 Å². The monoisotopic (exact) mass is 497 g/mol. The maximum Gasteiger partial charge on any atom is 0.166 e. The third-order valence-electron chi connectivity index (χ3n) is 7.13. The average molecular weight is 498 g/mol. The molecule has 34 heavy (non-hydrogen) atoms. The molecule has 3 heterocycles. The van der Waals surface area contributed by atoms with E-state index in [9.17, 15) is 9.18 Å². The molecule has 0 radical (unpaired) electrons. The predicted octanol–water partition coefficient (Wildman–Crippen LogP) is 4.36. The lowest BCUT2D eigenvalue weighted by Crippen LogP contribution is -2.35. The predicted molar refractivity (Wildman–Crippen MR) is 131 cm³/mol. The molecule has 176 valence electrons. The number of hydrogen-bond donors (Lipinski definition) is 1. The van der Waals surface area contributed by atoms with Gasteiger partial charge in [-0.05, 0) is 51.2 Å². The van der Waals surface area contributed by atoms with Crippen LogP contribution in [0.3, 0.4) is 0 Å². The summed E-state index contributed by atoms with van der Waals surface area (Å²) in [6, 6.07) is 7.50. The number of nitrogens with one attached hydrogen (secondary N) is 1. The number of aliphatic imine (C=N–C) groups is 1. The van der Waals surface area contributed by atoms with Crippen LogP contribution in [0.1, 0.15) is 53.0 Å². The summed E-state index contributed by atoms with van der Waals surface area (Å²) >= 11 is 8.39. The van der Waals surface area contributed by atoms with Crippen molar-refractivity contribution in [1.29, 1.82) is 0 Å². The van der Waals surface area contributed by atoms with Crippen molar-refractivity contribution < 1.29 is 9.18 Å². The summed E-state index contributed by atoms with van der Waals surface area (Å²) in [5.74, 6) is 1.75. The van der Waals surface area contributed by atoms with Gasteiger partial charge in [0.15, 0.2) is 5.82 Å². The van der Waals surface area contributed by atoms with E-state index in [0.717, 1.165) is 46.3 Å². The minimum atomic E-state index is -0.487. The second-order valence-electron chi connectivity index (χ2n) is 9.57. The summed E-state index contributed by atoms with van der Waals surface area (Å²) in [5.41, 5.74) is 3.65. The van der Waals surface area contributed by atoms with E-state index in [2.05, 4.69) is 20.1 Å². The number of ketones is 1. The normalized spacial score (nSPS) is 20.4. The lowest BCUT2D eigenvalue weighted by atomic mass is 9.96. The zero-order valence-electron chi connectivity index (χ0n) is 19.1. The third-order valence-corrected chi connectivity index (χ3v) is 8.69. The van der Waals surface area contributed by atoms with Crippen molar-refractivity contribution in [3.63, 3.8) is 0 Å².